The Morgan fingerprint density at radius 3 is 2.77 bits per heavy atom. The molecule has 2 aromatic carbocycles. The predicted octanol–water partition coefficient (Wildman–Crippen LogP) is 4.30. The van der Waals surface area contributed by atoms with E-state index in [0.717, 1.165) is 22.9 Å². The van der Waals surface area contributed by atoms with Crippen LogP contribution < -0.4 is 10.1 Å². The minimum atomic E-state index is -0.437. The third-order valence-electron chi connectivity index (χ3n) is 7.03. The molecule has 9 heteroatoms. The van der Waals surface area contributed by atoms with Crippen LogP contribution in [0.5, 0.6) is 5.75 Å². The maximum Gasteiger partial charge on any atom is 0.233 e. The quantitative estimate of drug-likeness (QED) is 0.449. The van der Waals surface area contributed by atoms with Crippen molar-refractivity contribution in [2.75, 3.05) is 25.6 Å². The average molecular weight is 474 g/mol. The summed E-state index contributed by atoms with van der Waals surface area (Å²) in [6, 6.07) is 9.88. The second-order valence-corrected chi connectivity index (χ2v) is 9.07. The van der Waals surface area contributed by atoms with E-state index < -0.39 is 5.41 Å². The largest absolute Gasteiger partial charge is 0.494 e. The first-order valence-electron chi connectivity index (χ1n) is 11.6. The number of nitrogens with zero attached hydrogens (tertiary/aromatic N) is 4. The number of rotatable bonds is 6. The van der Waals surface area contributed by atoms with Crippen LogP contribution in [0.4, 0.5) is 10.1 Å². The molecule has 6 rings (SSSR count). The molecule has 1 saturated heterocycles. The predicted molar refractivity (Wildman–Crippen MR) is 128 cm³/mol. The number of amides is 1. The SMILES string of the molecule is CCn1cc(-c2ncnc3cc(OC)c(NC(=O)C45COC[C@H]4C5)cc23)c(-c2ccc(F)cc2)n1. The zero-order valence-corrected chi connectivity index (χ0v) is 19.4. The molecule has 4 aromatic rings. The minimum absolute atomic E-state index is 0.0538. The smallest absolute Gasteiger partial charge is 0.233 e. The average Bonchev–Trinajstić information content (AvgIpc) is 3.21. The normalized spacial score (nSPS) is 20.6. The van der Waals surface area contributed by atoms with Gasteiger partial charge in [0.1, 0.15) is 23.6 Å². The summed E-state index contributed by atoms with van der Waals surface area (Å²) in [7, 11) is 1.56. The number of hydrogen-bond acceptors (Lipinski definition) is 6. The van der Waals surface area contributed by atoms with E-state index in [0.29, 0.717) is 48.1 Å². The lowest BCUT2D eigenvalue weighted by molar-refractivity contribution is -0.121. The summed E-state index contributed by atoms with van der Waals surface area (Å²) in [5.74, 6) is 0.439. The summed E-state index contributed by atoms with van der Waals surface area (Å²) in [5.41, 5.74) is 3.72. The van der Waals surface area contributed by atoms with E-state index in [1.54, 1.807) is 25.3 Å². The number of hydrogen-bond donors (Lipinski definition) is 1. The molecule has 2 atom stereocenters. The Balaban J connectivity index is 1.47. The van der Waals surface area contributed by atoms with Crippen molar-refractivity contribution in [1.82, 2.24) is 19.7 Å². The summed E-state index contributed by atoms with van der Waals surface area (Å²) >= 11 is 0. The standard InChI is InChI=1S/C26H24FN5O3/c1-3-32-11-19(23(31-32)15-4-6-17(27)7-5-15)24-18-8-21(22(34-2)9-20(18)28-14-29-24)30-25(33)26-10-16(26)12-35-13-26/h4-9,11,14,16H,3,10,12-13H2,1-2H3,(H,30,33)/t16-,26?/m1/s1. The molecule has 1 amide bonds. The number of halogens is 1. The summed E-state index contributed by atoms with van der Waals surface area (Å²) in [5, 5.41) is 8.52. The summed E-state index contributed by atoms with van der Waals surface area (Å²) in [6.07, 6.45) is 4.27. The highest BCUT2D eigenvalue weighted by Crippen LogP contribution is 2.57. The molecule has 0 radical (unpaired) electrons. The van der Waals surface area contributed by atoms with Crippen molar-refractivity contribution in [3.63, 3.8) is 0 Å². The van der Waals surface area contributed by atoms with Gasteiger partial charge in [-0.3, -0.25) is 9.48 Å². The van der Waals surface area contributed by atoms with E-state index in [-0.39, 0.29) is 17.6 Å². The summed E-state index contributed by atoms with van der Waals surface area (Å²) < 4.78 is 26.5. The molecule has 2 aliphatic rings. The first-order valence-corrected chi connectivity index (χ1v) is 11.6. The molecule has 8 nitrogen and oxygen atoms in total. The number of benzene rings is 2. The lowest BCUT2D eigenvalue weighted by Gasteiger charge is -2.16. The third-order valence-corrected chi connectivity index (χ3v) is 7.03. The van der Waals surface area contributed by atoms with Gasteiger partial charge in [0.15, 0.2) is 0 Å². The maximum atomic E-state index is 13.6. The van der Waals surface area contributed by atoms with Crippen molar-refractivity contribution in [1.29, 1.82) is 0 Å². The van der Waals surface area contributed by atoms with E-state index in [4.69, 9.17) is 14.6 Å². The number of carbonyl (C=O) groups is 1. The fourth-order valence-electron chi connectivity index (χ4n) is 4.89. The second kappa shape index (κ2) is 8.13. The summed E-state index contributed by atoms with van der Waals surface area (Å²) in [4.78, 5) is 22.2. The van der Waals surface area contributed by atoms with Crippen LogP contribution in [0.25, 0.3) is 33.4 Å². The Kier molecular flexibility index (Phi) is 5.03. The Morgan fingerprint density at radius 1 is 1.26 bits per heavy atom. The third kappa shape index (κ3) is 3.54. The zero-order chi connectivity index (χ0) is 24.2. The number of ether oxygens (including phenoxy) is 2. The molecule has 1 aliphatic carbocycles. The molecule has 178 valence electrons. The van der Waals surface area contributed by atoms with Gasteiger partial charge >= 0.3 is 0 Å². The van der Waals surface area contributed by atoms with Crippen molar-refractivity contribution in [2.45, 2.75) is 19.9 Å². The molecule has 0 bridgehead atoms. The van der Waals surface area contributed by atoms with Gasteiger partial charge in [0.2, 0.25) is 5.91 Å². The fourth-order valence-corrected chi connectivity index (χ4v) is 4.89. The van der Waals surface area contributed by atoms with E-state index in [2.05, 4.69) is 15.3 Å². The first-order chi connectivity index (χ1) is 17.0. The van der Waals surface area contributed by atoms with Gasteiger partial charge < -0.3 is 14.8 Å². The molecule has 1 aliphatic heterocycles. The number of carbonyl (C=O) groups excluding carboxylic acids is 1. The van der Waals surface area contributed by atoms with Crippen LogP contribution >= 0.6 is 0 Å². The number of fused-ring (bicyclic) bond motifs is 2. The number of aryl methyl sites for hydroxylation is 1. The van der Waals surface area contributed by atoms with Gasteiger partial charge in [-0.1, -0.05) is 0 Å². The Hall–Kier alpha value is -3.85. The Bertz CT molecular complexity index is 1450. The fraction of sp³-hybridized carbons (Fsp3) is 0.308. The highest BCUT2D eigenvalue weighted by molar-refractivity contribution is 6.04. The van der Waals surface area contributed by atoms with E-state index >= 15 is 0 Å². The second-order valence-electron chi connectivity index (χ2n) is 9.07. The Morgan fingerprint density at radius 2 is 2.09 bits per heavy atom. The van der Waals surface area contributed by atoms with Crippen LogP contribution in [-0.2, 0) is 16.1 Å². The van der Waals surface area contributed by atoms with Crippen molar-refractivity contribution < 1.29 is 18.7 Å². The van der Waals surface area contributed by atoms with Crippen LogP contribution in [0.3, 0.4) is 0 Å². The monoisotopic (exact) mass is 473 g/mol. The lowest BCUT2D eigenvalue weighted by Crippen LogP contribution is -2.27. The lowest BCUT2D eigenvalue weighted by atomic mass is 10.0. The zero-order valence-electron chi connectivity index (χ0n) is 19.4. The molecule has 2 fully saturated rings. The van der Waals surface area contributed by atoms with Gasteiger partial charge in [-0.15, -0.1) is 0 Å². The van der Waals surface area contributed by atoms with E-state index in [1.165, 1.54) is 18.5 Å². The first kappa shape index (κ1) is 21.7. The van der Waals surface area contributed by atoms with Crippen molar-refractivity contribution in [3.8, 4) is 28.3 Å². The van der Waals surface area contributed by atoms with E-state index in [9.17, 15) is 9.18 Å². The molecule has 3 heterocycles. The van der Waals surface area contributed by atoms with Crippen molar-refractivity contribution in [3.05, 3.63) is 54.7 Å². The van der Waals surface area contributed by atoms with Gasteiger partial charge in [0.25, 0.3) is 0 Å². The minimum Gasteiger partial charge on any atom is -0.494 e. The van der Waals surface area contributed by atoms with Gasteiger partial charge in [-0.25, -0.2) is 14.4 Å². The van der Waals surface area contributed by atoms with Gasteiger partial charge in [0.05, 0.1) is 42.6 Å². The van der Waals surface area contributed by atoms with Crippen LogP contribution in [0.2, 0.25) is 0 Å². The molecule has 2 aromatic heterocycles. The van der Waals surface area contributed by atoms with Gasteiger partial charge in [0, 0.05) is 41.2 Å². The number of nitrogens with one attached hydrogen (secondary N) is 1. The highest BCUT2D eigenvalue weighted by Gasteiger charge is 2.63. The molecular weight excluding hydrogens is 449 g/mol. The van der Waals surface area contributed by atoms with E-state index in [1.807, 2.05) is 23.9 Å². The van der Waals surface area contributed by atoms with Crippen LogP contribution in [0.1, 0.15) is 13.3 Å². The van der Waals surface area contributed by atoms with Crippen LogP contribution in [0, 0.1) is 17.2 Å². The van der Waals surface area contributed by atoms with Crippen molar-refractivity contribution >= 4 is 22.5 Å². The molecule has 0 spiro atoms. The molecular formula is C26H24FN5O3. The molecule has 1 unspecified atom stereocenters. The summed E-state index contributed by atoms with van der Waals surface area (Å²) in [6.45, 7) is 3.75. The Labute approximate surface area is 201 Å². The number of aromatic nitrogens is 4. The van der Waals surface area contributed by atoms with Crippen molar-refractivity contribution in [2.24, 2.45) is 11.3 Å². The molecule has 1 N–H and O–H groups in total. The molecule has 1 saturated carbocycles. The van der Waals surface area contributed by atoms with Crippen LogP contribution in [-0.4, -0.2) is 46.0 Å². The number of anilines is 1. The van der Waals surface area contributed by atoms with Gasteiger partial charge in [-0.2, -0.15) is 5.10 Å². The number of methoxy groups -OCH3 is 1. The topological polar surface area (TPSA) is 91.2 Å². The molecule has 35 heavy (non-hydrogen) atoms. The van der Waals surface area contributed by atoms with Gasteiger partial charge in [-0.05, 0) is 43.7 Å². The maximum absolute atomic E-state index is 13.6. The van der Waals surface area contributed by atoms with Crippen LogP contribution in [0.15, 0.2) is 48.9 Å². The highest BCUT2D eigenvalue weighted by atomic mass is 19.1.